The monoisotopic (exact) mass is 490 g/mol. The van der Waals surface area contributed by atoms with Crippen molar-refractivity contribution in [2.24, 2.45) is 5.41 Å². The Morgan fingerprint density at radius 1 is 0.971 bits per heavy atom. The summed E-state index contributed by atoms with van der Waals surface area (Å²) in [5.41, 5.74) is -1.23. The number of hydrogen-bond acceptors (Lipinski definition) is 6. The molecule has 4 amide bonds. The largest absolute Gasteiger partial charge is 0.465 e. The Hall–Kier alpha value is -3.18. The van der Waals surface area contributed by atoms with E-state index in [1.165, 1.54) is 0 Å². The Kier molecular flexibility index (Phi) is 6.89. The van der Waals surface area contributed by atoms with Crippen molar-refractivity contribution in [3.05, 3.63) is 35.4 Å². The van der Waals surface area contributed by atoms with Crippen LogP contribution in [0.4, 0.5) is 9.59 Å². The smallest absolute Gasteiger partial charge is 0.410 e. The molecule has 3 N–H and O–H groups in total. The number of nitrogens with one attached hydrogen (secondary N) is 1. The number of benzene rings is 1. The average Bonchev–Trinajstić information content (AvgIpc) is 2.96. The van der Waals surface area contributed by atoms with Gasteiger partial charge in [0.1, 0.15) is 0 Å². The maximum atomic E-state index is 12.7. The van der Waals surface area contributed by atoms with Crippen molar-refractivity contribution in [2.75, 3.05) is 13.1 Å². The quantitative estimate of drug-likeness (QED) is 0.421. The maximum Gasteiger partial charge on any atom is 0.410 e. The summed E-state index contributed by atoms with van der Waals surface area (Å²) >= 11 is 0. The molecular formula is C24H34N4O7. The van der Waals surface area contributed by atoms with Crippen LogP contribution in [0.1, 0.15) is 75.1 Å². The summed E-state index contributed by atoms with van der Waals surface area (Å²) in [7, 11) is 0. The van der Waals surface area contributed by atoms with E-state index in [1.807, 2.05) is 0 Å². The van der Waals surface area contributed by atoms with E-state index in [0.29, 0.717) is 12.8 Å². The second kappa shape index (κ2) is 9.12. The van der Waals surface area contributed by atoms with Gasteiger partial charge < -0.3 is 10.2 Å². The van der Waals surface area contributed by atoms with Crippen LogP contribution in [0.3, 0.4) is 0 Å². The zero-order chi connectivity index (χ0) is 26.3. The van der Waals surface area contributed by atoms with E-state index in [-0.39, 0.29) is 24.2 Å². The van der Waals surface area contributed by atoms with Crippen molar-refractivity contribution in [1.29, 1.82) is 0 Å². The molecule has 11 heteroatoms. The van der Waals surface area contributed by atoms with Crippen LogP contribution in [0.2, 0.25) is 0 Å². The number of rotatable bonds is 5. The van der Waals surface area contributed by atoms with Gasteiger partial charge in [-0.2, -0.15) is 0 Å². The van der Waals surface area contributed by atoms with Gasteiger partial charge in [-0.3, -0.25) is 29.5 Å². The Morgan fingerprint density at radius 2 is 1.46 bits per heavy atom. The summed E-state index contributed by atoms with van der Waals surface area (Å²) in [6, 6.07) is 6.50. The van der Waals surface area contributed by atoms with Crippen LogP contribution in [-0.2, 0) is 4.84 Å². The second-order valence-electron chi connectivity index (χ2n) is 10.9. The van der Waals surface area contributed by atoms with Crippen LogP contribution in [0.5, 0.6) is 0 Å². The standard InChI is InChI=1S/C24H34N4O7/c1-22(2,3)24(25-20(31)32,28(21(33)34)23(4,5)6)26-13-11-15(12-14-26)35-27-18(29)16-9-7-8-10-17(16)19(27)30/h7-10,15,25H,11-14H2,1-6H3,(H,31,32)(H,33,34). The lowest BCUT2D eigenvalue weighted by molar-refractivity contribution is -0.192. The van der Waals surface area contributed by atoms with Gasteiger partial charge in [0, 0.05) is 24.0 Å². The molecular weight excluding hydrogens is 456 g/mol. The van der Waals surface area contributed by atoms with Crippen molar-refractivity contribution in [1.82, 2.24) is 20.2 Å². The van der Waals surface area contributed by atoms with Gasteiger partial charge >= 0.3 is 12.2 Å². The fourth-order valence-corrected chi connectivity index (χ4v) is 5.03. The first-order chi connectivity index (χ1) is 16.1. The van der Waals surface area contributed by atoms with E-state index in [2.05, 4.69) is 5.32 Å². The molecule has 0 spiro atoms. The highest BCUT2D eigenvalue weighted by Gasteiger charge is 2.58. The Balaban J connectivity index is 1.86. The molecule has 0 aliphatic carbocycles. The number of piperidine rings is 1. The highest BCUT2D eigenvalue weighted by molar-refractivity contribution is 6.20. The minimum absolute atomic E-state index is 0.269. The number of carbonyl (C=O) groups is 4. The lowest BCUT2D eigenvalue weighted by Gasteiger charge is -2.60. The van der Waals surface area contributed by atoms with Gasteiger partial charge in [0.25, 0.3) is 11.8 Å². The van der Waals surface area contributed by atoms with Crippen molar-refractivity contribution in [3.63, 3.8) is 0 Å². The molecule has 0 saturated carbocycles. The predicted octanol–water partition coefficient (Wildman–Crippen LogP) is 3.42. The van der Waals surface area contributed by atoms with Gasteiger partial charge in [0.15, 0.2) is 5.79 Å². The molecule has 2 aliphatic rings. The highest BCUT2D eigenvalue weighted by Crippen LogP contribution is 2.42. The van der Waals surface area contributed by atoms with E-state index in [4.69, 9.17) is 4.84 Å². The number of carbonyl (C=O) groups excluding carboxylic acids is 2. The van der Waals surface area contributed by atoms with Crippen molar-refractivity contribution in [3.8, 4) is 0 Å². The predicted molar refractivity (Wildman–Crippen MR) is 126 cm³/mol. The van der Waals surface area contributed by atoms with Crippen LogP contribution < -0.4 is 5.32 Å². The summed E-state index contributed by atoms with van der Waals surface area (Å²) < 4.78 is 0. The number of fused-ring (bicyclic) bond motifs is 1. The molecule has 2 heterocycles. The molecule has 1 unspecified atom stereocenters. The minimum atomic E-state index is -1.59. The first-order valence-electron chi connectivity index (χ1n) is 11.5. The zero-order valence-corrected chi connectivity index (χ0v) is 21.0. The van der Waals surface area contributed by atoms with Gasteiger partial charge in [0.2, 0.25) is 0 Å². The molecule has 1 aromatic rings. The number of nitrogens with zero attached hydrogens (tertiary/aromatic N) is 3. The molecule has 1 saturated heterocycles. The van der Waals surface area contributed by atoms with Crippen LogP contribution in [-0.4, -0.2) is 79.6 Å². The van der Waals surface area contributed by atoms with E-state index < -0.39 is 46.8 Å². The fourth-order valence-electron chi connectivity index (χ4n) is 5.03. The molecule has 0 aromatic heterocycles. The number of amides is 4. The third-order valence-electron chi connectivity index (χ3n) is 6.42. The number of carboxylic acid groups (broad SMARTS) is 2. The van der Waals surface area contributed by atoms with E-state index in [0.717, 1.165) is 9.96 Å². The van der Waals surface area contributed by atoms with Gasteiger partial charge in [0.05, 0.1) is 17.2 Å². The maximum absolute atomic E-state index is 12.7. The zero-order valence-electron chi connectivity index (χ0n) is 21.0. The normalized spacial score (nSPS) is 19.3. The minimum Gasteiger partial charge on any atom is -0.465 e. The van der Waals surface area contributed by atoms with E-state index in [9.17, 15) is 29.4 Å². The molecule has 11 nitrogen and oxygen atoms in total. The first kappa shape index (κ1) is 26.4. The summed E-state index contributed by atoms with van der Waals surface area (Å²) in [6.45, 7) is 11.0. The van der Waals surface area contributed by atoms with E-state index in [1.54, 1.807) is 70.7 Å². The fraction of sp³-hybridized carbons (Fsp3) is 0.583. The molecule has 35 heavy (non-hydrogen) atoms. The lowest BCUT2D eigenvalue weighted by atomic mass is 9.80. The summed E-state index contributed by atoms with van der Waals surface area (Å²) in [4.78, 5) is 58.5. The van der Waals surface area contributed by atoms with Crippen LogP contribution in [0, 0.1) is 5.41 Å². The van der Waals surface area contributed by atoms with Crippen LogP contribution >= 0.6 is 0 Å². The third kappa shape index (κ3) is 4.70. The number of hydroxylamine groups is 2. The molecule has 1 aromatic carbocycles. The Bertz CT molecular complexity index is 986. The average molecular weight is 491 g/mol. The van der Waals surface area contributed by atoms with Gasteiger partial charge in [-0.05, 0) is 45.7 Å². The number of hydrogen-bond donors (Lipinski definition) is 3. The van der Waals surface area contributed by atoms with Gasteiger partial charge in [-0.1, -0.05) is 32.9 Å². The molecule has 0 bridgehead atoms. The molecule has 192 valence electrons. The number of likely N-dealkylation sites (tertiary alicyclic amines) is 1. The van der Waals surface area contributed by atoms with Gasteiger partial charge in [-0.15, -0.1) is 5.06 Å². The van der Waals surface area contributed by atoms with Crippen molar-refractivity contribution in [2.45, 2.75) is 71.8 Å². The van der Waals surface area contributed by atoms with E-state index >= 15 is 0 Å². The summed E-state index contributed by atoms with van der Waals surface area (Å²) in [6.07, 6.45) is -2.39. The van der Waals surface area contributed by atoms with Crippen LogP contribution in [0.25, 0.3) is 0 Å². The Labute approximate surface area is 204 Å². The molecule has 2 aliphatic heterocycles. The lowest BCUT2D eigenvalue weighted by Crippen LogP contribution is -2.80. The van der Waals surface area contributed by atoms with Gasteiger partial charge in [-0.25, -0.2) is 9.59 Å². The SMILES string of the molecule is CC(C)(C)N(C(=O)O)C(NC(=O)O)(N1CCC(ON2C(=O)c3ccccc3C2=O)CC1)C(C)(C)C. The van der Waals surface area contributed by atoms with Crippen LogP contribution in [0.15, 0.2) is 24.3 Å². The molecule has 1 fully saturated rings. The summed E-state index contributed by atoms with van der Waals surface area (Å²) in [5.74, 6) is -2.63. The Morgan fingerprint density at radius 3 is 1.83 bits per heavy atom. The topological polar surface area (TPSA) is 140 Å². The molecule has 3 rings (SSSR count). The highest BCUT2D eigenvalue weighted by atomic mass is 16.7. The summed E-state index contributed by atoms with van der Waals surface area (Å²) in [5, 5.41) is 23.3. The van der Waals surface area contributed by atoms with Crippen molar-refractivity contribution < 1.29 is 34.2 Å². The molecule has 0 radical (unpaired) electrons. The third-order valence-corrected chi connectivity index (χ3v) is 6.42. The second-order valence-corrected chi connectivity index (χ2v) is 10.9. The molecule has 1 atom stereocenters. The first-order valence-corrected chi connectivity index (χ1v) is 11.5. The van der Waals surface area contributed by atoms with Crippen molar-refractivity contribution >= 4 is 24.0 Å². The number of imide groups is 1.